The second-order valence-corrected chi connectivity index (χ2v) is 7.06. The SMILES string of the molecule is CC1NCCCC1NS(=O)(=O)c1ccc(OCC(F)(F)F)nc1.Cl. The molecule has 1 saturated heterocycles. The van der Waals surface area contributed by atoms with Gasteiger partial charge in [0, 0.05) is 18.2 Å². The first kappa shape index (κ1) is 20.9. The molecule has 1 aliphatic heterocycles. The molecule has 0 bridgehead atoms. The van der Waals surface area contributed by atoms with Crippen LogP contribution >= 0.6 is 12.4 Å². The van der Waals surface area contributed by atoms with Gasteiger partial charge < -0.3 is 10.1 Å². The Morgan fingerprint density at radius 2 is 2.12 bits per heavy atom. The van der Waals surface area contributed by atoms with E-state index in [-0.39, 0.29) is 35.3 Å². The summed E-state index contributed by atoms with van der Waals surface area (Å²) in [6.07, 6.45) is -1.92. The Labute approximate surface area is 144 Å². The van der Waals surface area contributed by atoms with Crippen molar-refractivity contribution in [2.24, 2.45) is 0 Å². The number of hydrogen-bond donors (Lipinski definition) is 2. The maximum Gasteiger partial charge on any atom is 0.422 e. The summed E-state index contributed by atoms with van der Waals surface area (Å²) in [7, 11) is -3.78. The third kappa shape index (κ3) is 6.08. The van der Waals surface area contributed by atoms with E-state index in [1.165, 1.54) is 6.07 Å². The van der Waals surface area contributed by atoms with Crippen LogP contribution in [0.15, 0.2) is 23.2 Å². The van der Waals surface area contributed by atoms with Gasteiger partial charge in [0.2, 0.25) is 15.9 Å². The highest BCUT2D eigenvalue weighted by Crippen LogP contribution is 2.19. The minimum Gasteiger partial charge on any atom is -0.468 e. The lowest BCUT2D eigenvalue weighted by Crippen LogP contribution is -2.51. The van der Waals surface area contributed by atoms with Crippen LogP contribution in [-0.4, -0.2) is 44.8 Å². The highest BCUT2D eigenvalue weighted by molar-refractivity contribution is 7.89. The number of halogens is 4. The molecule has 0 aromatic carbocycles. The van der Waals surface area contributed by atoms with Gasteiger partial charge in [-0.3, -0.25) is 0 Å². The molecule has 2 rings (SSSR count). The van der Waals surface area contributed by atoms with E-state index in [1.807, 2.05) is 6.92 Å². The molecule has 1 aromatic heterocycles. The van der Waals surface area contributed by atoms with E-state index >= 15 is 0 Å². The smallest absolute Gasteiger partial charge is 0.422 e. The van der Waals surface area contributed by atoms with Gasteiger partial charge in [-0.05, 0) is 32.4 Å². The monoisotopic (exact) mass is 389 g/mol. The van der Waals surface area contributed by atoms with Crippen molar-refractivity contribution in [3.63, 3.8) is 0 Å². The first-order valence-electron chi connectivity index (χ1n) is 7.09. The molecular formula is C13H19ClF3N3O3S. The number of aromatic nitrogens is 1. The fraction of sp³-hybridized carbons (Fsp3) is 0.615. The van der Waals surface area contributed by atoms with Crippen LogP contribution in [-0.2, 0) is 10.0 Å². The largest absolute Gasteiger partial charge is 0.468 e. The molecular weight excluding hydrogens is 371 g/mol. The van der Waals surface area contributed by atoms with Crippen molar-refractivity contribution in [1.29, 1.82) is 0 Å². The van der Waals surface area contributed by atoms with Gasteiger partial charge in [-0.2, -0.15) is 13.2 Å². The second-order valence-electron chi connectivity index (χ2n) is 5.35. The molecule has 2 heterocycles. The minimum atomic E-state index is -4.47. The molecule has 1 aliphatic rings. The molecule has 138 valence electrons. The summed E-state index contributed by atoms with van der Waals surface area (Å²) >= 11 is 0. The quantitative estimate of drug-likeness (QED) is 0.803. The van der Waals surface area contributed by atoms with E-state index in [0.29, 0.717) is 6.42 Å². The number of ether oxygens (including phenoxy) is 1. The second kappa shape index (κ2) is 8.32. The number of nitrogens with one attached hydrogen (secondary N) is 2. The van der Waals surface area contributed by atoms with Gasteiger partial charge in [-0.25, -0.2) is 18.1 Å². The van der Waals surface area contributed by atoms with E-state index in [0.717, 1.165) is 25.2 Å². The van der Waals surface area contributed by atoms with Crippen molar-refractivity contribution < 1.29 is 26.3 Å². The van der Waals surface area contributed by atoms with Crippen LogP contribution in [0.25, 0.3) is 0 Å². The van der Waals surface area contributed by atoms with Crippen LogP contribution < -0.4 is 14.8 Å². The summed E-state index contributed by atoms with van der Waals surface area (Å²) < 4.78 is 67.7. The lowest BCUT2D eigenvalue weighted by atomic mass is 10.0. The van der Waals surface area contributed by atoms with Gasteiger partial charge in [-0.15, -0.1) is 12.4 Å². The normalized spacial score (nSPS) is 21.8. The van der Waals surface area contributed by atoms with E-state index in [9.17, 15) is 21.6 Å². The Morgan fingerprint density at radius 1 is 1.42 bits per heavy atom. The van der Waals surface area contributed by atoms with Crippen LogP contribution in [0.1, 0.15) is 19.8 Å². The predicted molar refractivity (Wildman–Crippen MR) is 83.8 cm³/mol. The number of nitrogens with zero attached hydrogens (tertiary/aromatic N) is 1. The molecule has 2 N–H and O–H groups in total. The van der Waals surface area contributed by atoms with Crippen LogP contribution in [0.3, 0.4) is 0 Å². The Morgan fingerprint density at radius 3 is 2.67 bits per heavy atom. The summed E-state index contributed by atoms with van der Waals surface area (Å²) in [5.41, 5.74) is 0. The van der Waals surface area contributed by atoms with Crippen molar-refractivity contribution in [3.05, 3.63) is 18.3 Å². The van der Waals surface area contributed by atoms with Gasteiger partial charge in [0.15, 0.2) is 6.61 Å². The Hall–Kier alpha value is -1.10. The van der Waals surface area contributed by atoms with Crippen LogP contribution in [0.4, 0.5) is 13.2 Å². The minimum absolute atomic E-state index is 0. The zero-order valence-electron chi connectivity index (χ0n) is 12.8. The number of piperidine rings is 1. The molecule has 6 nitrogen and oxygen atoms in total. The lowest BCUT2D eigenvalue weighted by Gasteiger charge is -2.30. The van der Waals surface area contributed by atoms with E-state index in [4.69, 9.17) is 0 Å². The third-order valence-corrected chi connectivity index (χ3v) is 4.95. The van der Waals surface area contributed by atoms with Crippen LogP contribution in [0.5, 0.6) is 5.88 Å². The Kier molecular flexibility index (Phi) is 7.26. The number of alkyl halides is 3. The molecule has 24 heavy (non-hydrogen) atoms. The molecule has 1 aromatic rings. The van der Waals surface area contributed by atoms with Gasteiger partial charge >= 0.3 is 6.18 Å². The van der Waals surface area contributed by atoms with Gasteiger partial charge in [0.25, 0.3) is 0 Å². The maximum atomic E-state index is 12.3. The molecule has 0 radical (unpaired) electrons. The topological polar surface area (TPSA) is 80.3 Å². The molecule has 11 heteroatoms. The van der Waals surface area contributed by atoms with Gasteiger partial charge in [0.05, 0.1) is 6.20 Å². The third-order valence-electron chi connectivity index (χ3n) is 3.47. The number of pyridine rings is 1. The predicted octanol–water partition coefficient (Wildman–Crippen LogP) is 1.86. The van der Waals surface area contributed by atoms with Gasteiger partial charge in [-0.1, -0.05) is 0 Å². The molecule has 2 unspecified atom stereocenters. The maximum absolute atomic E-state index is 12.3. The van der Waals surface area contributed by atoms with E-state index < -0.39 is 22.8 Å². The van der Waals surface area contributed by atoms with Crippen LogP contribution in [0.2, 0.25) is 0 Å². The van der Waals surface area contributed by atoms with Crippen LogP contribution in [0, 0.1) is 0 Å². The summed E-state index contributed by atoms with van der Waals surface area (Å²) in [5.74, 6) is -0.283. The summed E-state index contributed by atoms with van der Waals surface area (Å²) in [6.45, 7) is 1.25. The van der Waals surface area contributed by atoms with E-state index in [1.54, 1.807) is 0 Å². The zero-order chi connectivity index (χ0) is 17.1. The standard InChI is InChI=1S/C13H18F3N3O3S.ClH/c1-9-11(3-2-6-17-9)19-23(20,21)10-4-5-12(18-7-10)22-8-13(14,15)16;/h4-5,7,9,11,17,19H,2-3,6,8H2,1H3;1H. The molecule has 1 fully saturated rings. The molecule has 0 saturated carbocycles. The average molecular weight is 390 g/mol. The first-order valence-corrected chi connectivity index (χ1v) is 8.57. The summed E-state index contributed by atoms with van der Waals surface area (Å²) in [4.78, 5) is 3.49. The molecule has 0 spiro atoms. The number of hydrogen-bond acceptors (Lipinski definition) is 5. The Balaban J connectivity index is 0.00000288. The Bertz CT molecular complexity index is 626. The highest BCUT2D eigenvalue weighted by atomic mass is 35.5. The highest BCUT2D eigenvalue weighted by Gasteiger charge is 2.29. The number of rotatable bonds is 5. The van der Waals surface area contributed by atoms with Crippen molar-refractivity contribution in [2.75, 3.05) is 13.2 Å². The fourth-order valence-electron chi connectivity index (χ4n) is 2.24. The summed E-state index contributed by atoms with van der Waals surface area (Å²) in [6, 6.07) is 2.03. The zero-order valence-corrected chi connectivity index (χ0v) is 14.5. The average Bonchev–Trinajstić information content (AvgIpc) is 2.47. The van der Waals surface area contributed by atoms with Gasteiger partial charge in [0.1, 0.15) is 4.90 Å². The van der Waals surface area contributed by atoms with Crippen molar-refractivity contribution in [1.82, 2.24) is 15.0 Å². The van der Waals surface area contributed by atoms with Crippen molar-refractivity contribution >= 4 is 22.4 Å². The molecule has 0 amide bonds. The van der Waals surface area contributed by atoms with Crippen molar-refractivity contribution in [2.45, 2.75) is 42.9 Å². The van der Waals surface area contributed by atoms with E-state index in [2.05, 4.69) is 19.8 Å². The van der Waals surface area contributed by atoms with Crippen molar-refractivity contribution in [3.8, 4) is 5.88 Å². The summed E-state index contributed by atoms with van der Waals surface area (Å²) in [5, 5.41) is 3.18. The first-order chi connectivity index (χ1) is 10.7. The lowest BCUT2D eigenvalue weighted by molar-refractivity contribution is -0.154. The molecule has 0 aliphatic carbocycles. The number of sulfonamides is 1. The fourth-order valence-corrected chi connectivity index (χ4v) is 3.53. The molecule has 2 atom stereocenters.